The standard InChI is InChI=1S/C10H9N5O2S/c1-18(16,17)8-5-14-15(6-8)10-9(12)2-7(3-11)4-13-10/h2,4-6H,12H2,1H3. The molecule has 0 saturated heterocycles. The highest BCUT2D eigenvalue weighted by Crippen LogP contribution is 2.16. The minimum Gasteiger partial charge on any atom is -0.396 e. The number of nitrogens with zero attached hydrogens (tertiary/aromatic N) is 4. The van der Waals surface area contributed by atoms with Crippen LogP contribution < -0.4 is 5.73 Å². The molecular weight excluding hydrogens is 254 g/mol. The second kappa shape index (κ2) is 4.12. The molecular formula is C10H9N5O2S. The highest BCUT2D eigenvalue weighted by molar-refractivity contribution is 7.90. The number of hydrogen-bond donors (Lipinski definition) is 1. The molecule has 7 nitrogen and oxygen atoms in total. The quantitative estimate of drug-likeness (QED) is 0.823. The minimum atomic E-state index is -3.32. The molecule has 92 valence electrons. The van der Waals surface area contributed by atoms with Gasteiger partial charge in [-0.1, -0.05) is 0 Å². The summed E-state index contributed by atoms with van der Waals surface area (Å²) in [5.41, 5.74) is 6.30. The number of pyridine rings is 1. The van der Waals surface area contributed by atoms with E-state index in [0.717, 1.165) is 6.26 Å². The van der Waals surface area contributed by atoms with Crippen LogP contribution in [0, 0.1) is 11.3 Å². The van der Waals surface area contributed by atoms with Crippen LogP contribution in [0.5, 0.6) is 0 Å². The number of anilines is 1. The molecule has 0 bridgehead atoms. The maximum Gasteiger partial charge on any atom is 0.178 e. The molecule has 0 saturated carbocycles. The molecule has 0 radical (unpaired) electrons. The van der Waals surface area contributed by atoms with Crippen LogP contribution >= 0.6 is 0 Å². The summed E-state index contributed by atoms with van der Waals surface area (Å²) in [4.78, 5) is 4.05. The van der Waals surface area contributed by atoms with Gasteiger partial charge in [0.05, 0.1) is 23.6 Å². The number of aromatic nitrogens is 3. The molecule has 0 aromatic carbocycles. The van der Waals surface area contributed by atoms with E-state index in [1.807, 2.05) is 6.07 Å². The molecule has 2 aromatic heterocycles. The lowest BCUT2D eigenvalue weighted by atomic mass is 10.3. The van der Waals surface area contributed by atoms with Gasteiger partial charge in [0.2, 0.25) is 0 Å². The molecule has 2 heterocycles. The normalized spacial score (nSPS) is 11.1. The van der Waals surface area contributed by atoms with Gasteiger partial charge in [0.1, 0.15) is 11.0 Å². The van der Waals surface area contributed by atoms with E-state index >= 15 is 0 Å². The molecule has 2 aromatic rings. The fourth-order valence-corrected chi connectivity index (χ4v) is 1.87. The van der Waals surface area contributed by atoms with Crippen LogP contribution in [-0.4, -0.2) is 29.4 Å². The van der Waals surface area contributed by atoms with Gasteiger partial charge in [-0.25, -0.2) is 18.1 Å². The highest BCUT2D eigenvalue weighted by Gasteiger charge is 2.12. The molecule has 8 heteroatoms. The van der Waals surface area contributed by atoms with E-state index in [0.29, 0.717) is 5.56 Å². The third-order valence-electron chi connectivity index (χ3n) is 2.23. The Morgan fingerprint density at radius 1 is 1.44 bits per heavy atom. The van der Waals surface area contributed by atoms with E-state index in [4.69, 9.17) is 11.0 Å². The van der Waals surface area contributed by atoms with E-state index in [2.05, 4.69) is 10.1 Å². The zero-order valence-electron chi connectivity index (χ0n) is 9.40. The van der Waals surface area contributed by atoms with Crippen molar-refractivity contribution in [2.45, 2.75) is 4.90 Å². The third-order valence-corrected chi connectivity index (χ3v) is 3.30. The SMILES string of the molecule is CS(=O)(=O)c1cnn(-c2ncc(C#N)cc2N)c1. The predicted molar refractivity (Wildman–Crippen MR) is 63.6 cm³/mol. The maximum absolute atomic E-state index is 11.3. The van der Waals surface area contributed by atoms with Crippen molar-refractivity contribution in [3.05, 3.63) is 30.2 Å². The van der Waals surface area contributed by atoms with E-state index in [1.54, 1.807) is 0 Å². The highest BCUT2D eigenvalue weighted by atomic mass is 32.2. The lowest BCUT2D eigenvalue weighted by molar-refractivity contribution is 0.602. The molecule has 0 spiro atoms. The van der Waals surface area contributed by atoms with Crippen molar-refractivity contribution in [1.29, 1.82) is 5.26 Å². The molecule has 0 fully saturated rings. The summed E-state index contributed by atoms with van der Waals surface area (Å²) in [6.07, 6.45) is 4.96. The maximum atomic E-state index is 11.3. The summed E-state index contributed by atoms with van der Waals surface area (Å²) in [6.45, 7) is 0. The Morgan fingerprint density at radius 2 is 2.17 bits per heavy atom. The summed E-state index contributed by atoms with van der Waals surface area (Å²) >= 11 is 0. The van der Waals surface area contributed by atoms with Gasteiger partial charge >= 0.3 is 0 Å². The van der Waals surface area contributed by atoms with Crippen molar-refractivity contribution in [3.63, 3.8) is 0 Å². The first kappa shape index (κ1) is 12.1. The Balaban J connectivity index is 2.51. The van der Waals surface area contributed by atoms with Gasteiger partial charge in [-0.15, -0.1) is 0 Å². The van der Waals surface area contributed by atoms with Crippen LogP contribution in [0.15, 0.2) is 29.6 Å². The fourth-order valence-electron chi connectivity index (χ4n) is 1.34. The van der Waals surface area contributed by atoms with Crippen LogP contribution in [0.3, 0.4) is 0 Å². The molecule has 0 aliphatic heterocycles. The van der Waals surface area contributed by atoms with E-state index in [-0.39, 0.29) is 16.4 Å². The first-order valence-corrected chi connectivity index (χ1v) is 6.71. The second-order valence-electron chi connectivity index (χ2n) is 3.64. The summed E-state index contributed by atoms with van der Waals surface area (Å²) in [6, 6.07) is 3.36. The number of nitrogen functional groups attached to an aromatic ring is 1. The van der Waals surface area contributed by atoms with Crippen LogP contribution in [0.4, 0.5) is 5.69 Å². The Kier molecular flexibility index (Phi) is 2.76. The minimum absolute atomic E-state index is 0.0769. The van der Waals surface area contributed by atoms with Crippen molar-refractivity contribution < 1.29 is 8.42 Å². The number of hydrogen-bond acceptors (Lipinski definition) is 6. The van der Waals surface area contributed by atoms with Crippen LogP contribution in [0.2, 0.25) is 0 Å². The number of nitrogens with two attached hydrogens (primary N) is 1. The third kappa shape index (κ3) is 2.16. The van der Waals surface area contributed by atoms with Gasteiger partial charge in [0.15, 0.2) is 15.7 Å². The average molecular weight is 263 g/mol. The number of sulfone groups is 1. The molecule has 0 aliphatic rings. The lowest BCUT2D eigenvalue weighted by Gasteiger charge is -2.03. The molecule has 0 unspecified atom stereocenters. The Bertz CT molecular complexity index is 742. The van der Waals surface area contributed by atoms with Gasteiger partial charge in [0, 0.05) is 12.5 Å². The van der Waals surface area contributed by atoms with Crippen molar-refractivity contribution in [2.75, 3.05) is 12.0 Å². The average Bonchev–Trinajstić information content (AvgIpc) is 2.77. The van der Waals surface area contributed by atoms with Crippen molar-refractivity contribution in [3.8, 4) is 11.9 Å². The topological polar surface area (TPSA) is 115 Å². The number of rotatable bonds is 2. The summed E-state index contributed by atoms with van der Waals surface area (Å²) in [5, 5.41) is 12.6. The fraction of sp³-hybridized carbons (Fsp3) is 0.100. The summed E-state index contributed by atoms with van der Waals surface area (Å²) in [7, 11) is -3.32. The van der Waals surface area contributed by atoms with Gasteiger partial charge < -0.3 is 5.73 Å². The van der Waals surface area contributed by atoms with Gasteiger partial charge in [-0.05, 0) is 6.07 Å². The van der Waals surface area contributed by atoms with Crippen LogP contribution in [0.1, 0.15) is 5.56 Å². The Hall–Kier alpha value is -2.40. The molecule has 2 rings (SSSR count). The Labute approximate surface area is 103 Å². The van der Waals surface area contributed by atoms with Gasteiger partial charge in [-0.2, -0.15) is 10.4 Å². The first-order chi connectivity index (χ1) is 8.41. The zero-order chi connectivity index (χ0) is 13.3. The monoisotopic (exact) mass is 263 g/mol. The largest absolute Gasteiger partial charge is 0.396 e. The molecule has 0 aliphatic carbocycles. The smallest absolute Gasteiger partial charge is 0.178 e. The van der Waals surface area contributed by atoms with E-state index < -0.39 is 9.84 Å². The van der Waals surface area contributed by atoms with E-state index in [9.17, 15) is 8.42 Å². The van der Waals surface area contributed by atoms with Crippen LogP contribution in [-0.2, 0) is 9.84 Å². The molecule has 0 amide bonds. The zero-order valence-corrected chi connectivity index (χ0v) is 10.2. The summed E-state index contributed by atoms with van der Waals surface area (Å²) in [5.74, 6) is 0.281. The lowest BCUT2D eigenvalue weighted by Crippen LogP contribution is -2.03. The second-order valence-corrected chi connectivity index (χ2v) is 5.66. The molecule has 18 heavy (non-hydrogen) atoms. The first-order valence-electron chi connectivity index (χ1n) is 4.82. The van der Waals surface area contributed by atoms with Crippen molar-refractivity contribution in [1.82, 2.24) is 14.8 Å². The van der Waals surface area contributed by atoms with Gasteiger partial charge in [0.25, 0.3) is 0 Å². The van der Waals surface area contributed by atoms with Crippen molar-refractivity contribution in [2.24, 2.45) is 0 Å². The molecule has 2 N–H and O–H groups in total. The Morgan fingerprint density at radius 3 is 2.67 bits per heavy atom. The van der Waals surface area contributed by atoms with E-state index in [1.165, 1.54) is 29.3 Å². The van der Waals surface area contributed by atoms with Crippen molar-refractivity contribution >= 4 is 15.5 Å². The predicted octanol–water partition coefficient (Wildman–Crippen LogP) is 0.125. The number of nitriles is 1. The molecule has 0 atom stereocenters. The van der Waals surface area contributed by atoms with Gasteiger partial charge in [-0.3, -0.25) is 0 Å². The van der Waals surface area contributed by atoms with Crippen LogP contribution in [0.25, 0.3) is 5.82 Å². The summed E-state index contributed by atoms with van der Waals surface area (Å²) < 4.78 is 23.9.